The van der Waals surface area contributed by atoms with E-state index < -0.39 is 0 Å². The van der Waals surface area contributed by atoms with Gasteiger partial charge in [-0.3, -0.25) is 4.79 Å². The summed E-state index contributed by atoms with van der Waals surface area (Å²) in [5.74, 6) is 2.27. The Labute approximate surface area is 193 Å². The maximum atomic E-state index is 11.7. The predicted molar refractivity (Wildman–Crippen MR) is 110 cm³/mol. The van der Waals surface area contributed by atoms with Gasteiger partial charge in [0.05, 0.1) is 0 Å². The molecule has 5 heteroatoms. The number of piperidine rings is 2. The van der Waals surface area contributed by atoms with Crippen LogP contribution in [0.15, 0.2) is 0 Å². The molecule has 1 saturated carbocycles. The smallest absolute Gasteiger partial charge is 0.222 e. The van der Waals surface area contributed by atoms with E-state index in [0.29, 0.717) is 0 Å². The van der Waals surface area contributed by atoms with Crippen molar-refractivity contribution in [3.05, 3.63) is 6.42 Å². The van der Waals surface area contributed by atoms with Crippen LogP contribution in [0.5, 0.6) is 0 Å². The first-order valence-corrected chi connectivity index (χ1v) is 11.2. The molecule has 0 aromatic carbocycles. The fourth-order valence-corrected chi connectivity index (χ4v) is 4.88. The third-order valence-corrected chi connectivity index (χ3v) is 6.50. The van der Waals surface area contributed by atoms with Crippen molar-refractivity contribution in [1.82, 2.24) is 15.1 Å². The van der Waals surface area contributed by atoms with Crippen LogP contribution in [-0.2, 0) is 37.5 Å². The molecule has 1 radical (unpaired) electrons. The van der Waals surface area contributed by atoms with Crippen molar-refractivity contribution in [2.75, 3.05) is 46.3 Å². The van der Waals surface area contributed by atoms with E-state index in [9.17, 15) is 4.79 Å². The summed E-state index contributed by atoms with van der Waals surface area (Å²) >= 11 is 0. The Hall–Kier alpha value is 0.494. The van der Waals surface area contributed by atoms with Gasteiger partial charge in [0.1, 0.15) is 0 Å². The van der Waals surface area contributed by atoms with E-state index >= 15 is 0 Å². The Kier molecular flexibility index (Phi) is 13.7. The van der Waals surface area contributed by atoms with E-state index in [-0.39, 0.29) is 44.5 Å². The van der Waals surface area contributed by atoms with Crippen molar-refractivity contribution < 1.29 is 37.5 Å². The summed E-state index contributed by atoms with van der Waals surface area (Å²) in [6.45, 7) is 11.8. The SMILES string of the molecule is CC.CNC(=O)C1CCC(CN2CCC(CN3CC[CH-]CC3)CC2)CC1.[Y]. The summed E-state index contributed by atoms with van der Waals surface area (Å²) in [7, 11) is 1.76. The molecule has 2 heterocycles. The Morgan fingerprint density at radius 3 is 1.85 bits per heavy atom. The Bertz CT molecular complexity index is 385. The van der Waals surface area contributed by atoms with Crippen molar-refractivity contribution in [2.45, 2.75) is 65.2 Å². The van der Waals surface area contributed by atoms with Crippen LogP contribution in [0.25, 0.3) is 0 Å². The molecule has 2 saturated heterocycles. The zero-order chi connectivity index (χ0) is 18.8. The van der Waals surface area contributed by atoms with Gasteiger partial charge in [0.25, 0.3) is 0 Å². The van der Waals surface area contributed by atoms with Crippen LogP contribution in [0, 0.1) is 24.2 Å². The van der Waals surface area contributed by atoms with Crippen molar-refractivity contribution in [2.24, 2.45) is 17.8 Å². The summed E-state index contributed by atoms with van der Waals surface area (Å²) in [6, 6.07) is 0. The van der Waals surface area contributed by atoms with Gasteiger partial charge < -0.3 is 21.5 Å². The second-order valence-electron chi connectivity index (χ2n) is 8.24. The molecule has 0 bridgehead atoms. The van der Waals surface area contributed by atoms with Gasteiger partial charge in [-0.05, 0) is 76.5 Å². The minimum Gasteiger partial charge on any atom is -0.359 e. The summed E-state index contributed by atoms with van der Waals surface area (Å²) in [6.07, 6.45) is 12.4. The van der Waals surface area contributed by atoms with Crippen LogP contribution in [0.4, 0.5) is 0 Å². The Balaban J connectivity index is 0.00000118. The molecule has 1 N–H and O–H groups in total. The monoisotopic (exact) mass is 453 g/mol. The minimum absolute atomic E-state index is 0. The van der Waals surface area contributed by atoms with Gasteiger partial charge in [-0.25, -0.2) is 0 Å². The predicted octanol–water partition coefficient (Wildman–Crippen LogP) is 3.57. The number of nitrogens with zero attached hydrogens (tertiary/aromatic N) is 2. The molecule has 0 unspecified atom stereocenters. The summed E-state index contributed by atoms with van der Waals surface area (Å²) in [4.78, 5) is 17.1. The fourth-order valence-electron chi connectivity index (χ4n) is 4.88. The number of nitrogens with one attached hydrogen (secondary N) is 1. The molecule has 0 atom stereocenters. The normalized spacial score (nSPS) is 27.8. The van der Waals surface area contributed by atoms with Gasteiger partial charge in [-0.15, -0.1) is 0 Å². The first kappa shape index (κ1) is 25.5. The Morgan fingerprint density at radius 2 is 1.33 bits per heavy atom. The molecule has 1 amide bonds. The topological polar surface area (TPSA) is 35.6 Å². The van der Waals surface area contributed by atoms with E-state index in [0.717, 1.165) is 24.7 Å². The van der Waals surface area contributed by atoms with Crippen molar-refractivity contribution in [1.29, 1.82) is 0 Å². The number of likely N-dealkylation sites (tertiary alicyclic amines) is 2. The van der Waals surface area contributed by atoms with Gasteiger partial charge in [-0.1, -0.05) is 13.8 Å². The number of hydrogen-bond donors (Lipinski definition) is 1. The third kappa shape index (κ3) is 8.80. The van der Waals surface area contributed by atoms with E-state index in [1.54, 1.807) is 7.05 Å². The number of rotatable bonds is 5. The summed E-state index contributed by atoms with van der Waals surface area (Å²) in [5, 5.41) is 2.81. The number of hydrogen-bond acceptors (Lipinski definition) is 3. The molecule has 2 aliphatic heterocycles. The standard InChI is InChI=1S/C20H36N3O.C2H6.Y/c1-21-20(24)19-7-5-17(6-8-19)15-23-13-9-18(10-14-23)16-22-11-3-2-4-12-22;1-2;/h2,17-19H,3-16H2,1H3,(H,21,24);1-2H3;/q-1;;. The van der Waals surface area contributed by atoms with E-state index in [1.807, 2.05) is 13.8 Å². The van der Waals surface area contributed by atoms with Crippen LogP contribution in [0.2, 0.25) is 0 Å². The molecule has 0 aromatic heterocycles. The maximum absolute atomic E-state index is 11.7. The van der Waals surface area contributed by atoms with Gasteiger partial charge in [0.2, 0.25) is 5.91 Å². The molecule has 1 aliphatic carbocycles. The largest absolute Gasteiger partial charge is 0.359 e. The van der Waals surface area contributed by atoms with Gasteiger partial charge >= 0.3 is 0 Å². The minimum atomic E-state index is 0. The summed E-state index contributed by atoms with van der Waals surface area (Å²) < 4.78 is 0. The molecular weight excluding hydrogens is 411 g/mol. The molecule has 3 aliphatic rings. The van der Waals surface area contributed by atoms with Crippen LogP contribution >= 0.6 is 0 Å². The van der Waals surface area contributed by atoms with E-state index in [1.165, 1.54) is 77.8 Å². The van der Waals surface area contributed by atoms with Crippen molar-refractivity contribution >= 4 is 5.91 Å². The van der Waals surface area contributed by atoms with Gasteiger partial charge in [0.15, 0.2) is 0 Å². The number of amides is 1. The average Bonchev–Trinajstić information content (AvgIpc) is 2.72. The van der Waals surface area contributed by atoms with Crippen LogP contribution in [-0.4, -0.2) is 62.0 Å². The zero-order valence-electron chi connectivity index (χ0n) is 18.1. The Morgan fingerprint density at radius 1 is 0.852 bits per heavy atom. The molecule has 0 spiro atoms. The molecule has 27 heavy (non-hydrogen) atoms. The van der Waals surface area contributed by atoms with Crippen LogP contribution in [0.1, 0.15) is 65.2 Å². The molecule has 3 rings (SSSR count). The first-order chi connectivity index (χ1) is 12.7. The van der Waals surface area contributed by atoms with Crippen molar-refractivity contribution in [3.8, 4) is 0 Å². The number of carbonyl (C=O) groups is 1. The molecular formula is C22H42N3OY-. The zero-order valence-corrected chi connectivity index (χ0v) is 20.9. The quantitative estimate of drug-likeness (QED) is 0.647. The third-order valence-electron chi connectivity index (χ3n) is 6.50. The van der Waals surface area contributed by atoms with Gasteiger partial charge in [0, 0.05) is 58.8 Å². The van der Waals surface area contributed by atoms with E-state index in [2.05, 4.69) is 21.5 Å². The summed E-state index contributed by atoms with van der Waals surface area (Å²) in [5.41, 5.74) is 0. The first-order valence-electron chi connectivity index (χ1n) is 11.2. The van der Waals surface area contributed by atoms with Crippen LogP contribution in [0.3, 0.4) is 0 Å². The average molecular weight is 454 g/mol. The maximum Gasteiger partial charge on any atom is 0.222 e. The van der Waals surface area contributed by atoms with E-state index in [4.69, 9.17) is 0 Å². The second-order valence-corrected chi connectivity index (χ2v) is 8.24. The molecule has 4 nitrogen and oxygen atoms in total. The molecule has 0 aromatic rings. The van der Waals surface area contributed by atoms with Crippen LogP contribution < -0.4 is 5.32 Å². The van der Waals surface area contributed by atoms with Gasteiger partial charge in [-0.2, -0.15) is 12.8 Å². The number of carbonyl (C=O) groups excluding carboxylic acids is 1. The molecule has 3 fully saturated rings. The van der Waals surface area contributed by atoms with Crippen molar-refractivity contribution in [3.63, 3.8) is 0 Å². The fraction of sp³-hybridized carbons (Fsp3) is 0.909. The second kappa shape index (κ2) is 14.5. The molecule has 155 valence electrons.